The van der Waals surface area contributed by atoms with Crippen molar-refractivity contribution in [1.29, 1.82) is 0 Å². The van der Waals surface area contributed by atoms with Gasteiger partial charge in [-0.05, 0) is 35.4 Å². The minimum Gasteiger partial charge on any atom is -0.501 e. The maximum atomic E-state index is 12.6. The number of hydrogen-bond donors (Lipinski definition) is 3. The molecule has 0 spiro atoms. The lowest BCUT2D eigenvalue weighted by molar-refractivity contribution is 0.0941. The average molecular weight is 409 g/mol. The lowest BCUT2D eigenvalue weighted by Gasteiger charge is -2.10. The highest BCUT2D eigenvalue weighted by molar-refractivity contribution is 5.95. The molecular weight excluding hydrogens is 390 g/mol. The lowest BCUT2D eigenvalue weighted by Crippen LogP contribution is -2.24. The van der Waals surface area contributed by atoms with Gasteiger partial charge in [-0.15, -0.1) is 0 Å². The number of rotatable bonds is 6. The van der Waals surface area contributed by atoms with E-state index in [0.717, 1.165) is 11.1 Å². The number of aromatic nitrogens is 2. The van der Waals surface area contributed by atoms with Gasteiger partial charge in [0.1, 0.15) is 11.6 Å². The molecule has 0 unspecified atom stereocenters. The summed E-state index contributed by atoms with van der Waals surface area (Å²) in [6, 6.07) is 12.6. The molecule has 0 radical (unpaired) electrons. The molecule has 3 N–H and O–H groups in total. The summed E-state index contributed by atoms with van der Waals surface area (Å²) in [5, 5.41) is 22.7. The van der Waals surface area contributed by atoms with Crippen LogP contribution in [0.2, 0.25) is 0 Å². The highest BCUT2D eigenvalue weighted by Crippen LogP contribution is 2.33. The van der Waals surface area contributed by atoms with Crippen molar-refractivity contribution < 1.29 is 29.2 Å². The van der Waals surface area contributed by atoms with Crippen molar-refractivity contribution in [1.82, 2.24) is 15.3 Å². The van der Waals surface area contributed by atoms with Gasteiger partial charge in [0, 0.05) is 13.0 Å². The van der Waals surface area contributed by atoms with Crippen LogP contribution in [0.15, 0.2) is 42.5 Å². The first-order valence-corrected chi connectivity index (χ1v) is 9.12. The zero-order chi connectivity index (χ0) is 21.1. The topological polar surface area (TPSA) is 123 Å². The number of hydrogen-bond acceptors (Lipinski definition) is 8. The van der Waals surface area contributed by atoms with E-state index in [1.54, 1.807) is 37.4 Å². The van der Waals surface area contributed by atoms with Gasteiger partial charge in [0.2, 0.25) is 12.5 Å². The Bertz CT molecular complexity index is 1100. The lowest BCUT2D eigenvalue weighted by atomic mass is 10.1. The Morgan fingerprint density at radius 3 is 2.77 bits per heavy atom. The summed E-state index contributed by atoms with van der Waals surface area (Å²) in [7, 11) is 1.56. The molecule has 2 aromatic carbocycles. The molecule has 9 nitrogen and oxygen atoms in total. The first-order chi connectivity index (χ1) is 14.5. The second-order valence-electron chi connectivity index (χ2n) is 6.56. The highest BCUT2D eigenvalue weighted by Gasteiger charge is 2.20. The maximum Gasteiger partial charge on any atom is 0.274 e. The summed E-state index contributed by atoms with van der Waals surface area (Å²) < 4.78 is 15.8. The van der Waals surface area contributed by atoms with Crippen molar-refractivity contribution in [3.8, 4) is 28.9 Å². The number of aromatic hydroxyl groups is 2. The number of fused-ring (bicyclic) bond motifs is 1. The minimum atomic E-state index is -0.674. The van der Waals surface area contributed by atoms with Crippen LogP contribution < -0.4 is 19.5 Å². The Hall–Kier alpha value is -4.01. The molecule has 1 aliphatic heterocycles. The van der Waals surface area contributed by atoms with E-state index in [4.69, 9.17) is 14.2 Å². The van der Waals surface area contributed by atoms with E-state index in [9.17, 15) is 15.0 Å². The Morgan fingerprint density at radius 2 is 1.93 bits per heavy atom. The predicted octanol–water partition coefficient (Wildman–Crippen LogP) is 2.15. The number of carbonyl (C=O) groups is 1. The van der Waals surface area contributed by atoms with Crippen LogP contribution in [0.1, 0.15) is 27.4 Å². The van der Waals surface area contributed by atoms with Crippen LogP contribution in [0.5, 0.6) is 28.9 Å². The van der Waals surface area contributed by atoms with E-state index >= 15 is 0 Å². The van der Waals surface area contributed by atoms with Gasteiger partial charge < -0.3 is 29.7 Å². The summed E-state index contributed by atoms with van der Waals surface area (Å²) in [5.74, 6) is 0.114. The molecule has 0 saturated carbocycles. The summed E-state index contributed by atoms with van der Waals surface area (Å²) in [5.41, 5.74) is 1.30. The Kier molecular flexibility index (Phi) is 5.25. The zero-order valence-electron chi connectivity index (χ0n) is 16.1. The number of carbonyl (C=O) groups excluding carboxylic acids is 1. The van der Waals surface area contributed by atoms with Crippen LogP contribution in [-0.2, 0) is 13.0 Å². The Labute approximate surface area is 171 Å². The smallest absolute Gasteiger partial charge is 0.274 e. The van der Waals surface area contributed by atoms with E-state index in [2.05, 4.69) is 15.3 Å². The third kappa shape index (κ3) is 4.04. The van der Waals surface area contributed by atoms with Crippen molar-refractivity contribution in [3.05, 3.63) is 65.1 Å². The van der Waals surface area contributed by atoms with Gasteiger partial charge in [0.25, 0.3) is 11.8 Å². The first-order valence-electron chi connectivity index (χ1n) is 9.12. The second kappa shape index (κ2) is 8.16. The molecule has 9 heteroatoms. The summed E-state index contributed by atoms with van der Waals surface area (Å²) in [6.45, 7) is 0.352. The van der Waals surface area contributed by atoms with Gasteiger partial charge in [0.05, 0.1) is 7.11 Å². The fourth-order valence-corrected chi connectivity index (χ4v) is 3.01. The maximum absolute atomic E-state index is 12.6. The van der Waals surface area contributed by atoms with Crippen molar-refractivity contribution in [2.75, 3.05) is 13.9 Å². The molecule has 0 bridgehead atoms. The molecule has 1 aliphatic rings. The Morgan fingerprint density at radius 1 is 1.10 bits per heavy atom. The van der Waals surface area contributed by atoms with Crippen LogP contribution in [-0.4, -0.2) is 40.0 Å². The van der Waals surface area contributed by atoms with E-state index in [-0.39, 0.29) is 31.3 Å². The fraction of sp³-hybridized carbons (Fsp3) is 0.190. The first kappa shape index (κ1) is 19.3. The number of ether oxygens (including phenoxy) is 3. The standard InChI is InChI=1S/C21H19N3O6/c1-28-14-4-2-3-13(7-14)10-22-20(26)18-19(25)21(27)24-17(23-18)9-12-5-6-15-16(8-12)30-11-29-15/h2-8,25H,9-11H2,1H3,(H,22,26)(H,23,24,27). The van der Waals surface area contributed by atoms with E-state index in [1.165, 1.54) is 0 Å². The van der Waals surface area contributed by atoms with Crippen LogP contribution in [0.4, 0.5) is 0 Å². The Balaban J connectivity index is 1.51. The fourth-order valence-electron chi connectivity index (χ4n) is 3.01. The second-order valence-corrected chi connectivity index (χ2v) is 6.56. The van der Waals surface area contributed by atoms with Crippen molar-refractivity contribution in [3.63, 3.8) is 0 Å². The van der Waals surface area contributed by atoms with Crippen molar-refractivity contribution >= 4 is 5.91 Å². The number of nitrogens with zero attached hydrogens (tertiary/aromatic N) is 2. The van der Waals surface area contributed by atoms with Crippen LogP contribution in [0.25, 0.3) is 0 Å². The molecule has 1 aromatic heterocycles. The molecular formula is C21H19N3O6. The van der Waals surface area contributed by atoms with Gasteiger partial charge in [0.15, 0.2) is 17.2 Å². The van der Waals surface area contributed by atoms with E-state index in [1.807, 2.05) is 12.1 Å². The van der Waals surface area contributed by atoms with Crippen LogP contribution in [0.3, 0.4) is 0 Å². The number of benzene rings is 2. The molecule has 30 heavy (non-hydrogen) atoms. The van der Waals surface area contributed by atoms with Crippen LogP contribution in [0, 0.1) is 0 Å². The zero-order valence-corrected chi connectivity index (χ0v) is 16.1. The molecule has 0 fully saturated rings. The molecule has 0 saturated heterocycles. The van der Waals surface area contributed by atoms with Gasteiger partial charge in [-0.1, -0.05) is 18.2 Å². The van der Waals surface area contributed by atoms with Crippen molar-refractivity contribution in [2.24, 2.45) is 0 Å². The molecule has 1 amide bonds. The van der Waals surface area contributed by atoms with Gasteiger partial charge in [-0.3, -0.25) is 4.79 Å². The van der Waals surface area contributed by atoms with E-state index < -0.39 is 17.5 Å². The third-order valence-electron chi connectivity index (χ3n) is 4.51. The number of amides is 1. The average Bonchev–Trinajstić information content (AvgIpc) is 3.22. The van der Waals surface area contributed by atoms with Crippen molar-refractivity contribution in [2.45, 2.75) is 13.0 Å². The summed E-state index contributed by atoms with van der Waals surface area (Å²) >= 11 is 0. The molecule has 3 aromatic rings. The summed E-state index contributed by atoms with van der Waals surface area (Å²) in [6.07, 6.45) is 0.223. The van der Waals surface area contributed by atoms with E-state index in [0.29, 0.717) is 17.2 Å². The van der Waals surface area contributed by atoms with Gasteiger partial charge in [-0.2, -0.15) is 4.98 Å². The third-order valence-corrected chi connectivity index (χ3v) is 4.51. The highest BCUT2D eigenvalue weighted by atomic mass is 16.7. The molecule has 4 rings (SSSR count). The largest absolute Gasteiger partial charge is 0.501 e. The SMILES string of the molecule is COc1cccc(CNC(=O)c2nc(Cc3ccc4c(c3)OCO4)nc(O)c2O)c1. The minimum absolute atomic E-state index is 0.160. The van der Waals surface area contributed by atoms with Gasteiger partial charge in [-0.25, -0.2) is 4.98 Å². The van der Waals surface area contributed by atoms with Crippen LogP contribution >= 0.6 is 0 Å². The summed E-state index contributed by atoms with van der Waals surface area (Å²) in [4.78, 5) is 20.6. The normalized spacial score (nSPS) is 11.9. The number of methoxy groups -OCH3 is 1. The molecule has 154 valence electrons. The molecule has 0 aliphatic carbocycles. The molecule has 2 heterocycles. The molecule has 0 atom stereocenters. The number of nitrogens with one attached hydrogen (secondary N) is 1. The monoisotopic (exact) mass is 409 g/mol. The predicted molar refractivity (Wildman–Crippen MR) is 105 cm³/mol. The van der Waals surface area contributed by atoms with Gasteiger partial charge >= 0.3 is 0 Å². The quantitative estimate of drug-likeness (QED) is 0.566.